The molecule has 0 radical (unpaired) electrons. The van der Waals surface area contributed by atoms with E-state index in [1.165, 1.54) is 5.56 Å². The van der Waals surface area contributed by atoms with Gasteiger partial charge in [-0.2, -0.15) is 11.8 Å². The van der Waals surface area contributed by atoms with Gasteiger partial charge in [0.15, 0.2) is 12.6 Å². The second-order valence-electron chi connectivity index (χ2n) is 5.94. The minimum Gasteiger partial charge on any atom is -0.484 e. The number of thioether (sulfide) groups is 1. The summed E-state index contributed by atoms with van der Waals surface area (Å²) in [6.07, 6.45) is 5.16. The van der Waals surface area contributed by atoms with E-state index in [-0.39, 0.29) is 12.5 Å². The van der Waals surface area contributed by atoms with Crippen molar-refractivity contribution in [2.24, 2.45) is 4.99 Å². The smallest absolute Gasteiger partial charge is 0.258 e. The van der Waals surface area contributed by atoms with Crippen LogP contribution in [-0.2, 0) is 11.2 Å². The third-order valence-electron chi connectivity index (χ3n) is 3.76. The maximum atomic E-state index is 11.6. The van der Waals surface area contributed by atoms with E-state index in [2.05, 4.69) is 27.2 Å². The van der Waals surface area contributed by atoms with Crippen LogP contribution in [0.3, 0.4) is 0 Å². The van der Waals surface area contributed by atoms with Crippen LogP contribution in [0.1, 0.15) is 18.4 Å². The van der Waals surface area contributed by atoms with E-state index < -0.39 is 0 Å². The molecule has 6 nitrogen and oxygen atoms in total. The molecule has 7 heteroatoms. The van der Waals surface area contributed by atoms with Crippen LogP contribution < -0.4 is 20.7 Å². The van der Waals surface area contributed by atoms with E-state index in [4.69, 9.17) is 4.74 Å². The van der Waals surface area contributed by atoms with Crippen molar-refractivity contribution < 1.29 is 9.53 Å². The molecule has 1 aromatic rings. The average molecular weight is 365 g/mol. The number of amides is 1. The molecule has 1 aliphatic carbocycles. The molecule has 1 amide bonds. The molecule has 0 bridgehead atoms. The molecule has 1 saturated carbocycles. The highest BCUT2D eigenvalue weighted by atomic mass is 32.2. The molecule has 0 aliphatic heterocycles. The summed E-state index contributed by atoms with van der Waals surface area (Å²) in [6.45, 7) is 1.79. The number of rotatable bonds is 10. The number of hydrogen-bond donors (Lipinski definition) is 3. The summed E-state index contributed by atoms with van der Waals surface area (Å²) in [4.78, 5) is 15.8. The van der Waals surface area contributed by atoms with Crippen LogP contribution in [0.25, 0.3) is 0 Å². The van der Waals surface area contributed by atoms with Gasteiger partial charge >= 0.3 is 0 Å². The molecule has 1 aromatic carbocycles. The summed E-state index contributed by atoms with van der Waals surface area (Å²) in [5.41, 5.74) is 1.21. The molecule has 0 unspecified atom stereocenters. The predicted molar refractivity (Wildman–Crippen MR) is 105 cm³/mol. The number of carbonyl (C=O) groups is 1. The van der Waals surface area contributed by atoms with E-state index in [0.717, 1.165) is 49.8 Å². The highest BCUT2D eigenvalue weighted by molar-refractivity contribution is 7.98. The van der Waals surface area contributed by atoms with Crippen LogP contribution in [0.15, 0.2) is 29.3 Å². The fraction of sp³-hybridized carbons (Fsp3) is 0.556. The number of aliphatic imine (C=N–C) groups is 1. The van der Waals surface area contributed by atoms with E-state index in [0.29, 0.717) is 6.04 Å². The lowest BCUT2D eigenvalue weighted by atomic mass is 10.1. The summed E-state index contributed by atoms with van der Waals surface area (Å²) >= 11 is 1.81. The molecule has 3 N–H and O–H groups in total. The fourth-order valence-corrected chi connectivity index (χ4v) is 2.52. The first kappa shape index (κ1) is 19.4. The van der Waals surface area contributed by atoms with Crippen molar-refractivity contribution in [1.82, 2.24) is 16.0 Å². The van der Waals surface area contributed by atoms with Gasteiger partial charge in [0.05, 0.1) is 0 Å². The quantitative estimate of drug-likeness (QED) is 0.333. The SMILES string of the molecule is CN=C(NCCSC)NCCc1ccc(OCC(=O)NC2CC2)cc1. The predicted octanol–water partition coefficient (Wildman–Crippen LogP) is 1.41. The van der Waals surface area contributed by atoms with Gasteiger partial charge in [-0.3, -0.25) is 9.79 Å². The van der Waals surface area contributed by atoms with Crippen LogP contribution in [0, 0.1) is 0 Å². The topological polar surface area (TPSA) is 74.8 Å². The number of guanidine groups is 1. The lowest BCUT2D eigenvalue weighted by Gasteiger charge is -2.11. The van der Waals surface area contributed by atoms with Gasteiger partial charge in [0.25, 0.3) is 5.91 Å². The first-order valence-electron chi connectivity index (χ1n) is 8.66. The Morgan fingerprint density at radius 2 is 1.96 bits per heavy atom. The second kappa shape index (κ2) is 10.9. The maximum Gasteiger partial charge on any atom is 0.258 e. The second-order valence-corrected chi connectivity index (χ2v) is 6.93. The van der Waals surface area contributed by atoms with Gasteiger partial charge in [0.1, 0.15) is 5.75 Å². The lowest BCUT2D eigenvalue weighted by Crippen LogP contribution is -2.39. The summed E-state index contributed by atoms with van der Waals surface area (Å²) < 4.78 is 5.51. The number of benzene rings is 1. The summed E-state index contributed by atoms with van der Waals surface area (Å²) in [6, 6.07) is 8.24. The molecule has 25 heavy (non-hydrogen) atoms. The van der Waals surface area contributed by atoms with E-state index in [9.17, 15) is 4.79 Å². The number of nitrogens with zero attached hydrogens (tertiary/aromatic N) is 1. The van der Waals surface area contributed by atoms with Gasteiger partial charge < -0.3 is 20.7 Å². The van der Waals surface area contributed by atoms with Crippen LogP contribution in [0.5, 0.6) is 5.75 Å². The Morgan fingerprint density at radius 1 is 1.24 bits per heavy atom. The molecule has 0 atom stereocenters. The lowest BCUT2D eigenvalue weighted by molar-refractivity contribution is -0.123. The summed E-state index contributed by atoms with van der Waals surface area (Å²) in [5.74, 6) is 2.56. The Balaban J connectivity index is 1.64. The largest absolute Gasteiger partial charge is 0.484 e. The number of hydrogen-bond acceptors (Lipinski definition) is 4. The van der Waals surface area contributed by atoms with Crippen molar-refractivity contribution in [3.63, 3.8) is 0 Å². The Bertz CT molecular complexity index is 559. The van der Waals surface area contributed by atoms with Gasteiger partial charge in [0, 0.05) is 31.9 Å². The summed E-state index contributed by atoms with van der Waals surface area (Å²) in [5, 5.41) is 9.48. The number of nitrogens with one attached hydrogen (secondary N) is 3. The van der Waals surface area contributed by atoms with Gasteiger partial charge in [0.2, 0.25) is 0 Å². The summed E-state index contributed by atoms with van der Waals surface area (Å²) in [7, 11) is 1.78. The molecule has 1 fully saturated rings. The Kier molecular flexibility index (Phi) is 8.45. The van der Waals surface area contributed by atoms with Crippen LogP contribution in [0.4, 0.5) is 0 Å². The van der Waals surface area contributed by atoms with Gasteiger partial charge in [-0.05, 0) is 43.2 Å². The normalized spacial score (nSPS) is 14.1. The van der Waals surface area contributed by atoms with Crippen molar-refractivity contribution in [2.75, 3.05) is 38.8 Å². The molecular formula is C18H28N4O2S. The van der Waals surface area contributed by atoms with Crippen molar-refractivity contribution in [3.8, 4) is 5.75 Å². The zero-order chi connectivity index (χ0) is 17.9. The minimum atomic E-state index is -0.0452. The van der Waals surface area contributed by atoms with E-state index in [1.54, 1.807) is 18.8 Å². The third kappa shape index (κ3) is 8.16. The molecule has 1 aliphatic rings. The van der Waals surface area contributed by atoms with E-state index >= 15 is 0 Å². The monoisotopic (exact) mass is 364 g/mol. The zero-order valence-corrected chi connectivity index (χ0v) is 15.8. The van der Waals surface area contributed by atoms with Crippen molar-refractivity contribution in [3.05, 3.63) is 29.8 Å². The Hall–Kier alpha value is -1.89. The standard InChI is InChI=1S/C18H28N4O2S/c1-19-18(21-11-12-25-2)20-10-9-14-3-7-16(8-4-14)24-13-17(23)22-15-5-6-15/h3-4,7-8,15H,5-6,9-13H2,1-2H3,(H,22,23)(H2,19,20,21). The van der Waals surface area contributed by atoms with Gasteiger partial charge in [-0.15, -0.1) is 0 Å². The maximum absolute atomic E-state index is 11.6. The zero-order valence-electron chi connectivity index (χ0n) is 15.0. The van der Waals surface area contributed by atoms with Crippen LogP contribution in [0.2, 0.25) is 0 Å². The van der Waals surface area contributed by atoms with E-state index in [1.807, 2.05) is 24.3 Å². The molecule has 0 saturated heterocycles. The molecule has 138 valence electrons. The van der Waals surface area contributed by atoms with Crippen LogP contribution >= 0.6 is 11.8 Å². The highest BCUT2D eigenvalue weighted by Gasteiger charge is 2.23. The highest BCUT2D eigenvalue weighted by Crippen LogP contribution is 2.18. The fourth-order valence-electron chi connectivity index (χ4n) is 2.22. The van der Waals surface area contributed by atoms with Crippen LogP contribution in [-0.4, -0.2) is 56.7 Å². The first-order valence-corrected chi connectivity index (χ1v) is 10.0. The molecule has 2 rings (SSSR count). The number of ether oxygens (including phenoxy) is 1. The molecule has 0 aromatic heterocycles. The van der Waals surface area contributed by atoms with Gasteiger partial charge in [-0.1, -0.05) is 12.1 Å². The van der Waals surface area contributed by atoms with Crippen molar-refractivity contribution in [2.45, 2.75) is 25.3 Å². The third-order valence-corrected chi connectivity index (χ3v) is 4.38. The van der Waals surface area contributed by atoms with Crippen molar-refractivity contribution in [1.29, 1.82) is 0 Å². The molecule has 0 heterocycles. The average Bonchev–Trinajstić information content (AvgIpc) is 3.43. The minimum absolute atomic E-state index is 0.0452. The first-order chi connectivity index (χ1) is 12.2. The van der Waals surface area contributed by atoms with Crippen molar-refractivity contribution >= 4 is 23.6 Å². The molecule has 0 spiro atoms. The number of carbonyl (C=O) groups excluding carboxylic acids is 1. The molecular weight excluding hydrogens is 336 g/mol. The Labute approximate surface area is 154 Å². The Morgan fingerprint density at radius 3 is 2.60 bits per heavy atom. The van der Waals surface area contributed by atoms with Gasteiger partial charge in [-0.25, -0.2) is 0 Å².